The molecule has 0 radical (unpaired) electrons. The number of aromatic nitrogens is 2. The number of hydrogen-bond acceptors (Lipinski definition) is 4. The number of carboxylic acid groups (broad SMARTS) is 1. The Bertz CT molecular complexity index is 473. The molecule has 0 aliphatic rings. The second-order valence-corrected chi connectivity index (χ2v) is 6.78. The van der Waals surface area contributed by atoms with Crippen molar-refractivity contribution in [3.8, 4) is 0 Å². The van der Waals surface area contributed by atoms with E-state index in [0.717, 1.165) is 24.4 Å². The standard InChI is InChI=1S/C15H24N2O2S/c1-9(2)7-6-8-20-14-12(15(18)19)11(5)16-13(17-14)10(3)4/h9-10H,6-8H2,1-5H3,(H,18,19). The van der Waals surface area contributed by atoms with Crippen molar-refractivity contribution in [3.63, 3.8) is 0 Å². The molecular weight excluding hydrogens is 272 g/mol. The summed E-state index contributed by atoms with van der Waals surface area (Å²) in [6.07, 6.45) is 2.22. The molecule has 1 N–H and O–H groups in total. The van der Waals surface area contributed by atoms with Gasteiger partial charge in [0.2, 0.25) is 0 Å². The molecule has 0 atom stereocenters. The van der Waals surface area contributed by atoms with Crippen LogP contribution in [-0.2, 0) is 0 Å². The average Bonchev–Trinajstić information content (AvgIpc) is 2.33. The van der Waals surface area contributed by atoms with Gasteiger partial charge in [0.15, 0.2) is 0 Å². The molecule has 0 saturated heterocycles. The van der Waals surface area contributed by atoms with E-state index in [1.54, 1.807) is 6.92 Å². The first-order valence-corrected chi connectivity index (χ1v) is 8.06. The monoisotopic (exact) mass is 296 g/mol. The highest BCUT2D eigenvalue weighted by Gasteiger charge is 2.19. The van der Waals surface area contributed by atoms with Crippen LogP contribution in [0.25, 0.3) is 0 Å². The minimum atomic E-state index is -0.941. The highest BCUT2D eigenvalue weighted by Crippen LogP contribution is 2.26. The lowest BCUT2D eigenvalue weighted by Crippen LogP contribution is -2.10. The molecule has 0 unspecified atom stereocenters. The van der Waals surface area contributed by atoms with Gasteiger partial charge in [-0.1, -0.05) is 34.1 Å². The molecule has 0 aliphatic carbocycles. The normalized spacial score (nSPS) is 11.3. The van der Waals surface area contributed by atoms with Gasteiger partial charge >= 0.3 is 5.97 Å². The van der Waals surface area contributed by atoms with Gasteiger partial charge in [-0.25, -0.2) is 14.8 Å². The van der Waals surface area contributed by atoms with E-state index in [1.807, 2.05) is 13.8 Å². The van der Waals surface area contributed by atoms with Gasteiger partial charge in [-0.2, -0.15) is 0 Å². The summed E-state index contributed by atoms with van der Waals surface area (Å²) in [6, 6.07) is 0. The predicted octanol–water partition coefficient (Wildman–Crippen LogP) is 4.13. The van der Waals surface area contributed by atoms with Crippen LogP contribution in [0.2, 0.25) is 0 Å². The van der Waals surface area contributed by atoms with Crippen LogP contribution in [0.1, 0.15) is 68.3 Å². The minimum absolute atomic E-state index is 0.201. The van der Waals surface area contributed by atoms with Gasteiger partial charge in [0, 0.05) is 5.92 Å². The minimum Gasteiger partial charge on any atom is -0.478 e. The second-order valence-electron chi connectivity index (χ2n) is 5.69. The summed E-state index contributed by atoms with van der Waals surface area (Å²) in [5.74, 6) is 1.55. The molecule has 0 bridgehead atoms. The van der Waals surface area contributed by atoms with E-state index in [-0.39, 0.29) is 11.5 Å². The van der Waals surface area contributed by atoms with Gasteiger partial charge in [0.1, 0.15) is 16.4 Å². The summed E-state index contributed by atoms with van der Waals surface area (Å²) in [4.78, 5) is 20.1. The van der Waals surface area contributed by atoms with Gasteiger partial charge in [0.25, 0.3) is 0 Å². The van der Waals surface area contributed by atoms with Crippen molar-refractivity contribution in [3.05, 3.63) is 17.1 Å². The van der Waals surface area contributed by atoms with E-state index >= 15 is 0 Å². The van der Waals surface area contributed by atoms with Gasteiger partial charge in [-0.15, -0.1) is 11.8 Å². The smallest absolute Gasteiger partial charge is 0.340 e. The van der Waals surface area contributed by atoms with Gasteiger partial charge < -0.3 is 5.11 Å². The molecular formula is C15H24N2O2S. The molecule has 0 amide bonds. The largest absolute Gasteiger partial charge is 0.478 e. The van der Waals surface area contributed by atoms with Crippen molar-refractivity contribution in [1.29, 1.82) is 0 Å². The first kappa shape index (κ1) is 17.0. The van der Waals surface area contributed by atoms with Crippen molar-refractivity contribution in [1.82, 2.24) is 9.97 Å². The number of carbonyl (C=O) groups is 1. The molecule has 5 heteroatoms. The zero-order valence-corrected chi connectivity index (χ0v) is 13.8. The highest BCUT2D eigenvalue weighted by atomic mass is 32.2. The van der Waals surface area contributed by atoms with Crippen molar-refractivity contribution in [2.24, 2.45) is 5.92 Å². The summed E-state index contributed by atoms with van der Waals surface area (Å²) >= 11 is 1.53. The van der Waals surface area contributed by atoms with Crippen LogP contribution in [0.5, 0.6) is 0 Å². The third kappa shape index (κ3) is 4.78. The molecule has 0 spiro atoms. The van der Waals surface area contributed by atoms with Gasteiger partial charge in [-0.05, 0) is 25.0 Å². The third-order valence-electron chi connectivity index (χ3n) is 2.97. The van der Waals surface area contributed by atoms with Crippen LogP contribution < -0.4 is 0 Å². The molecule has 0 aliphatic heterocycles. The second kappa shape index (κ2) is 7.62. The fraction of sp³-hybridized carbons (Fsp3) is 0.667. The molecule has 0 fully saturated rings. The Balaban J connectivity index is 2.93. The molecule has 112 valence electrons. The summed E-state index contributed by atoms with van der Waals surface area (Å²) in [7, 11) is 0. The van der Waals surface area contributed by atoms with Crippen LogP contribution in [0.4, 0.5) is 0 Å². The van der Waals surface area contributed by atoms with E-state index < -0.39 is 5.97 Å². The molecule has 0 saturated carbocycles. The van der Waals surface area contributed by atoms with Crippen LogP contribution in [0, 0.1) is 12.8 Å². The molecule has 0 aromatic carbocycles. The highest BCUT2D eigenvalue weighted by molar-refractivity contribution is 7.99. The molecule has 1 aromatic heterocycles. The van der Waals surface area contributed by atoms with Crippen molar-refractivity contribution < 1.29 is 9.90 Å². The van der Waals surface area contributed by atoms with Crippen LogP contribution >= 0.6 is 11.8 Å². The number of nitrogens with zero attached hydrogens (tertiary/aromatic N) is 2. The first-order chi connectivity index (χ1) is 9.32. The number of aryl methyl sites for hydroxylation is 1. The quantitative estimate of drug-likeness (QED) is 0.465. The van der Waals surface area contributed by atoms with E-state index in [1.165, 1.54) is 11.8 Å². The fourth-order valence-corrected chi connectivity index (χ4v) is 2.88. The lowest BCUT2D eigenvalue weighted by atomic mass is 10.1. The van der Waals surface area contributed by atoms with E-state index in [4.69, 9.17) is 0 Å². The number of aromatic carboxylic acids is 1. The maximum absolute atomic E-state index is 11.4. The Morgan fingerprint density at radius 3 is 2.40 bits per heavy atom. The number of carboxylic acids is 1. The summed E-state index contributed by atoms with van der Waals surface area (Å²) in [5.41, 5.74) is 0.812. The van der Waals surface area contributed by atoms with Crippen molar-refractivity contribution in [2.45, 2.75) is 58.4 Å². The average molecular weight is 296 g/mol. The van der Waals surface area contributed by atoms with Crippen LogP contribution in [-0.4, -0.2) is 26.8 Å². The Hall–Kier alpha value is -1.10. The SMILES string of the molecule is Cc1nc(C(C)C)nc(SCCCC(C)C)c1C(=O)O. The first-order valence-electron chi connectivity index (χ1n) is 7.07. The Kier molecular flexibility index (Phi) is 6.46. The van der Waals surface area contributed by atoms with Crippen LogP contribution in [0.3, 0.4) is 0 Å². The summed E-state index contributed by atoms with van der Waals surface area (Å²) < 4.78 is 0. The van der Waals surface area contributed by atoms with E-state index in [2.05, 4.69) is 23.8 Å². The fourth-order valence-electron chi connectivity index (χ4n) is 1.84. The molecule has 4 nitrogen and oxygen atoms in total. The molecule has 1 rings (SSSR count). The van der Waals surface area contributed by atoms with Crippen LogP contribution in [0.15, 0.2) is 5.03 Å². The lowest BCUT2D eigenvalue weighted by Gasteiger charge is -2.12. The maximum atomic E-state index is 11.4. The molecule has 1 heterocycles. The lowest BCUT2D eigenvalue weighted by molar-refractivity contribution is 0.0690. The Morgan fingerprint density at radius 2 is 1.90 bits per heavy atom. The van der Waals surface area contributed by atoms with Crippen molar-refractivity contribution >= 4 is 17.7 Å². The van der Waals surface area contributed by atoms with Gasteiger partial charge in [-0.3, -0.25) is 0 Å². The summed E-state index contributed by atoms with van der Waals surface area (Å²) in [6.45, 7) is 10.2. The zero-order valence-electron chi connectivity index (χ0n) is 12.9. The summed E-state index contributed by atoms with van der Waals surface area (Å²) in [5, 5.41) is 9.94. The molecule has 20 heavy (non-hydrogen) atoms. The third-order valence-corrected chi connectivity index (χ3v) is 4.03. The maximum Gasteiger partial charge on any atom is 0.340 e. The number of hydrogen-bond donors (Lipinski definition) is 1. The number of thioether (sulfide) groups is 1. The number of rotatable bonds is 7. The Morgan fingerprint density at radius 1 is 1.25 bits per heavy atom. The van der Waals surface area contributed by atoms with E-state index in [0.29, 0.717) is 16.6 Å². The van der Waals surface area contributed by atoms with Crippen molar-refractivity contribution in [2.75, 3.05) is 5.75 Å². The molecule has 1 aromatic rings. The van der Waals surface area contributed by atoms with Gasteiger partial charge in [0.05, 0.1) is 5.69 Å². The topological polar surface area (TPSA) is 63.1 Å². The predicted molar refractivity (Wildman–Crippen MR) is 82.6 cm³/mol. The van der Waals surface area contributed by atoms with E-state index in [9.17, 15) is 9.90 Å². The Labute approximate surface area is 125 Å². The zero-order chi connectivity index (χ0) is 15.3.